The van der Waals surface area contributed by atoms with E-state index in [1.54, 1.807) is 0 Å². The van der Waals surface area contributed by atoms with Gasteiger partial charge in [-0.3, -0.25) is 4.79 Å². The summed E-state index contributed by atoms with van der Waals surface area (Å²) in [5, 5.41) is 6.84. The highest BCUT2D eigenvalue weighted by atomic mass is 16.2. The van der Waals surface area contributed by atoms with Gasteiger partial charge in [-0.2, -0.15) is 0 Å². The number of nitrogens with one attached hydrogen (secondary N) is 2. The van der Waals surface area contributed by atoms with Gasteiger partial charge in [0.05, 0.1) is 0 Å². The van der Waals surface area contributed by atoms with E-state index in [1.165, 1.54) is 0 Å². The minimum atomic E-state index is -0.203. The molecule has 1 aliphatic heterocycles. The predicted molar refractivity (Wildman–Crippen MR) is 99.2 cm³/mol. The zero-order chi connectivity index (χ0) is 16.8. The standard InChI is InChI=1S/C20H25N3O/c1-16(21-17-8-4-2-5-9-17)20(24)23-14-12-19(13-15-23)22-18-10-6-3-7-11-18/h2-11,16,19,21-22H,12-15H2,1H3. The summed E-state index contributed by atoms with van der Waals surface area (Å²) in [7, 11) is 0. The van der Waals surface area contributed by atoms with Gasteiger partial charge in [0.1, 0.15) is 6.04 Å². The fourth-order valence-electron chi connectivity index (χ4n) is 3.13. The summed E-state index contributed by atoms with van der Waals surface area (Å²) in [5.74, 6) is 0.178. The fraction of sp³-hybridized carbons (Fsp3) is 0.350. The van der Waals surface area contributed by atoms with Crippen LogP contribution < -0.4 is 10.6 Å². The molecular weight excluding hydrogens is 298 g/mol. The lowest BCUT2D eigenvalue weighted by atomic mass is 10.0. The molecule has 1 saturated heterocycles. The Morgan fingerprint density at radius 3 is 2.08 bits per heavy atom. The number of amides is 1. The summed E-state index contributed by atoms with van der Waals surface area (Å²) in [6, 6.07) is 20.4. The van der Waals surface area contributed by atoms with Crippen molar-refractivity contribution in [1.82, 2.24) is 4.90 Å². The molecule has 1 fully saturated rings. The molecule has 4 nitrogen and oxygen atoms in total. The zero-order valence-electron chi connectivity index (χ0n) is 14.1. The second-order valence-corrected chi connectivity index (χ2v) is 6.34. The van der Waals surface area contributed by atoms with Crippen molar-refractivity contribution in [2.24, 2.45) is 0 Å². The summed E-state index contributed by atoms with van der Waals surface area (Å²) in [5.41, 5.74) is 2.14. The van der Waals surface area contributed by atoms with Gasteiger partial charge in [0.15, 0.2) is 0 Å². The van der Waals surface area contributed by atoms with E-state index in [-0.39, 0.29) is 11.9 Å². The van der Waals surface area contributed by atoms with Crippen molar-refractivity contribution in [2.75, 3.05) is 23.7 Å². The Morgan fingerprint density at radius 1 is 0.958 bits per heavy atom. The van der Waals surface area contributed by atoms with Crippen molar-refractivity contribution in [3.8, 4) is 0 Å². The van der Waals surface area contributed by atoms with Gasteiger partial charge in [0.2, 0.25) is 5.91 Å². The second kappa shape index (κ2) is 7.86. The number of para-hydroxylation sites is 2. The van der Waals surface area contributed by atoms with Crippen molar-refractivity contribution in [3.05, 3.63) is 60.7 Å². The number of likely N-dealkylation sites (tertiary alicyclic amines) is 1. The Hall–Kier alpha value is -2.49. The van der Waals surface area contributed by atoms with E-state index in [0.717, 1.165) is 37.3 Å². The molecule has 1 unspecified atom stereocenters. The topological polar surface area (TPSA) is 44.4 Å². The van der Waals surface area contributed by atoms with Crippen molar-refractivity contribution in [2.45, 2.75) is 31.8 Å². The molecule has 2 N–H and O–H groups in total. The third-order valence-electron chi connectivity index (χ3n) is 4.48. The molecule has 24 heavy (non-hydrogen) atoms. The monoisotopic (exact) mass is 323 g/mol. The third kappa shape index (κ3) is 4.28. The number of nitrogens with zero attached hydrogens (tertiary/aromatic N) is 1. The quantitative estimate of drug-likeness (QED) is 0.884. The molecule has 1 amide bonds. The number of anilines is 2. The summed E-state index contributed by atoms with van der Waals surface area (Å²) in [6.07, 6.45) is 1.97. The number of carbonyl (C=O) groups is 1. The average molecular weight is 323 g/mol. The molecule has 4 heteroatoms. The van der Waals surface area contributed by atoms with Gasteiger partial charge in [0, 0.05) is 30.5 Å². The number of hydrogen-bond acceptors (Lipinski definition) is 3. The Kier molecular flexibility index (Phi) is 5.36. The van der Waals surface area contributed by atoms with Crippen LogP contribution in [0.25, 0.3) is 0 Å². The van der Waals surface area contributed by atoms with Crippen molar-refractivity contribution >= 4 is 17.3 Å². The third-order valence-corrected chi connectivity index (χ3v) is 4.48. The van der Waals surface area contributed by atoms with Crippen LogP contribution in [-0.2, 0) is 4.79 Å². The van der Waals surface area contributed by atoms with E-state index in [2.05, 4.69) is 22.8 Å². The molecule has 126 valence electrons. The fourth-order valence-corrected chi connectivity index (χ4v) is 3.13. The van der Waals surface area contributed by atoms with Gasteiger partial charge in [-0.1, -0.05) is 36.4 Å². The first-order chi connectivity index (χ1) is 11.7. The largest absolute Gasteiger partial charge is 0.382 e. The van der Waals surface area contributed by atoms with Gasteiger partial charge in [-0.15, -0.1) is 0 Å². The average Bonchev–Trinajstić information content (AvgIpc) is 2.63. The molecule has 1 aliphatic rings. The van der Waals surface area contributed by atoms with Crippen LogP contribution in [0.15, 0.2) is 60.7 Å². The molecule has 2 aromatic carbocycles. The molecule has 0 bridgehead atoms. The number of carbonyl (C=O) groups excluding carboxylic acids is 1. The molecule has 3 rings (SSSR count). The lowest BCUT2D eigenvalue weighted by molar-refractivity contribution is -0.132. The maximum atomic E-state index is 12.6. The predicted octanol–water partition coefficient (Wildman–Crippen LogP) is 3.59. The molecule has 1 atom stereocenters. The normalized spacial score (nSPS) is 16.5. The Morgan fingerprint density at radius 2 is 1.50 bits per heavy atom. The van der Waals surface area contributed by atoms with E-state index < -0.39 is 0 Å². The number of rotatable bonds is 5. The maximum Gasteiger partial charge on any atom is 0.244 e. The molecule has 0 radical (unpaired) electrons. The van der Waals surface area contributed by atoms with Gasteiger partial charge in [-0.05, 0) is 44.0 Å². The van der Waals surface area contributed by atoms with Crippen LogP contribution in [0.2, 0.25) is 0 Å². The lowest BCUT2D eigenvalue weighted by Crippen LogP contribution is -2.47. The van der Waals surface area contributed by atoms with Gasteiger partial charge in [-0.25, -0.2) is 0 Å². The van der Waals surface area contributed by atoms with Crippen LogP contribution in [0.4, 0.5) is 11.4 Å². The van der Waals surface area contributed by atoms with Crippen molar-refractivity contribution in [1.29, 1.82) is 0 Å². The highest BCUT2D eigenvalue weighted by molar-refractivity contribution is 5.84. The summed E-state index contributed by atoms with van der Waals surface area (Å²) in [6.45, 7) is 3.55. The Balaban J connectivity index is 1.48. The SMILES string of the molecule is CC(Nc1ccccc1)C(=O)N1CCC(Nc2ccccc2)CC1. The summed E-state index contributed by atoms with van der Waals surface area (Å²) < 4.78 is 0. The van der Waals surface area contributed by atoms with Crippen LogP contribution in [0.3, 0.4) is 0 Å². The maximum absolute atomic E-state index is 12.6. The Bertz CT molecular complexity index is 636. The van der Waals surface area contributed by atoms with Gasteiger partial charge in [0.25, 0.3) is 0 Å². The highest BCUT2D eigenvalue weighted by Gasteiger charge is 2.25. The number of benzene rings is 2. The van der Waals surface area contributed by atoms with Crippen LogP contribution in [0.5, 0.6) is 0 Å². The van der Waals surface area contributed by atoms with E-state index >= 15 is 0 Å². The van der Waals surface area contributed by atoms with Crippen molar-refractivity contribution < 1.29 is 4.79 Å². The van der Waals surface area contributed by atoms with Crippen LogP contribution in [0, 0.1) is 0 Å². The Labute approximate surface area is 143 Å². The lowest BCUT2D eigenvalue weighted by Gasteiger charge is -2.34. The molecular formula is C20H25N3O. The van der Waals surface area contributed by atoms with Gasteiger partial charge < -0.3 is 15.5 Å². The summed E-state index contributed by atoms with van der Waals surface area (Å²) in [4.78, 5) is 14.6. The van der Waals surface area contributed by atoms with E-state index in [1.807, 2.05) is 60.4 Å². The first-order valence-corrected chi connectivity index (χ1v) is 8.64. The molecule has 0 spiro atoms. The summed E-state index contributed by atoms with van der Waals surface area (Å²) >= 11 is 0. The first-order valence-electron chi connectivity index (χ1n) is 8.64. The highest BCUT2D eigenvalue weighted by Crippen LogP contribution is 2.17. The zero-order valence-corrected chi connectivity index (χ0v) is 14.1. The van der Waals surface area contributed by atoms with Crippen LogP contribution in [-0.4, -0.2) is 36.0 Å². The van der Waals surface area contributed by atoms with Crippen molar-refractivity contribution in [3.63, 3.8) is 0 Å². The molecule has 0 aliphatic carbocycles. The molecule has 1 heterocycles. The minimum absolute atomic E-state index is 0.178. The van der Waals surface area contributed by atoms with Crippen LogP contribution >= 0.6 is 0 Å². The molecule has 0 aromatic heterocycles. The van der Waals surface area contributed by atoms with E-state index in [9.17, 15) is 4.79 Å². The van der Waals surface area contributed by atoms with Crippen LogP contribution in [0.1, 0.15) is 19.8 Å². The second-order valence-electron chi connectivity index (χ2n) is 6.34. The smallest absolute Gasteiger partial charge is 0.244 e. The van der Waals surface area contributed by atoms with E-state index in [0.29, 0.717) is 6.04 Å². The minimum Gasteiger partial charge on any atom is -0.382 e. The van der Waals surface area contributed by atoms with Gasteiger partial charge >= 0.3 is 0 Å². The molecule has 0 saturated carbocycles. The van der Waals surface area contributed by atoms with E-state index in [4.69, 9.17) is 0 Å². The first kappa shape index (κ1) is 16.4. The number of piperidine rings is 1. The number of hydrogen-bond donors (Lipinski definition) is 2. The molecule has 2 aromatic rings.